The summed E-state index contributed by atoms with van der Waals surface area (Å²) in [4.78, 5) is 20.6. The van der Waals surface area contributed by atoms with Gasteiger partial charge in [-0.05, 0) is 50.4 Å². The maximum atomic E-state index is 12.2. The Morgan fingerprint density at radius 1 is 1.36 bits per heavy atom. The van der Waals surface area contributed by atoms with Crippen molar-refractivity contribution in [2.24, 2.45) is 9.98 Å². The van der Waals surface area contributed by atoms with Gasteiger partial charge >= 0.3 is 0 Å². The molecule has 4 N–H and O–H groups in total. The second-order valence-electron chi connectivity index (χ2n) is 5.63. The summed E-state index contributed by atoms with van der Waals surface area (Å²) < 4.78 is 0. The number of nitrogen functional groups attached to an aromatic ring is 1. The molecular formula is C19H23N5O. The molecule has 1 amide bonds. The number of nitrogens with one attached hydrogen (secondary N) is 2. The van der Waals surface area contributed by atoms with Crippen molar-refractivity contribution in [1.82, 2.24) is 10.6 Å². The number of amides is 1. The highest BCUT2D eigenvalue weighted by molar-refractivity contribution is 5.97. The van der Waals surface area contributed by atoms with Gasteiger partial charge < -0.3 is 16.4 Å². The zero-order valence-corrected chi connectivity index (χ0v) is 14.5. The first-order chi connectivity index (χ1) is 12.0. The van der Waals surface area contributed by atoms with Gasteiger partial charge in [-0.1, -0.05) is 12.2 Å². The lowest BCUT2D eigenvalue weighted by Crippen LogP contribution is -2.33. The fraction of sp³-hybridized carbons (Fsp3) is 0.211. The van der Waals surface area contributed by atoms with Crippen LogP contribution in [0.3, 0.4) is 0 Å². The van der Waals surface area contributed by atoms with E-state index in [0.29, 0.717) is 23.5 Å². The van der Waals surface area contributed by atoms with Crippen LogP contribution < -0.4 is 16.4 Å². The molecule has 6 nitrogen and oxygen atoms in total. The number of hydrogen-bond acceptors (Lipinski definition) is 4. The third-order valence-corrected chi connectivity index (χ3v) is 3.72. The summed E-state index contributed by atoms with van der Waals surface area (Å²) in [6.07, 6.45) is 8.22. The summed E-state index contributed by atoms with van der Waals surface area (Å²) >= 11 is 0. The van der Waals surface area contributed by atoms with E-state index in [-0.39, 0.29) is 11.9 Å². The lowest BCUT2D eigenvalue weighted by atomic mass is 10.1. The van der Waals surface area contributed by atoms with Crippen LogP contribution in [0.4, 0.5) is 5.69 Å². The average molecular weight is 337 g/mol. The summed E-state index contributed by atoms with van der Waals surface area (Å²) in [5.41, 5.74) is 8.59. The van der Waals surface area contributed by atoms with Gasteiger partial charge in [0.2, 0.25) is 0 Å². The molecule has 1 aromatic rings. The molecule has 0 saturated heterocycles. The van der Waals surface area contributed by atoms with Crippen LogP contribution in [0.15, 0.2) is 69.9 Å². The first-order valence-electron chi connectivity index (χ1n) is 7.98. The van der Waals surface area contributed by atoms with Crippen LogP contribution in [0.5, 0.6) is 0 Å². The van der Waals surface area contributed by atoms with E-state index in [2.05, 4.69) is 27.3 Å². The number of aliphatic imine (C=N–C) groups is 2. The van der Waals surface area contributed by atoms with E-state index in [1.165, 1.54) is 0 Å². The predicted octanol–water partition coefficient (Wildman–Crippen LogP) is 2.43. The molecule has 130 valence electrons. The van der Waals surface area contributed by atoms with Gasteiger partial charge in [-0.15, -0.1) is 0 Å². The minimum absolute atomic E-state index is 0.0706. The molecule has 1 unspecified atom stereocenters. The van der Waals surface area contributed by atoms with E-state index in [1.54, 1.807) is 24.3 Å². The third kappa shape index (κ3) is 5.46. The number of anilines is 1. The highest BCUT2D eigenvalue weighted by Gasteiger charge is 2.13. The van der Waals surface area contributed by atoms with Gasteiger partial charge in [0, 0.05) is 30.1 Å². The number of rotatable bonds is 5. The van der Waals surface area contributed by atoms with Gasteiger partial charge in [0.1, 0.15) is 0 Å². The highest BCUT2D eigenvalue weighted by Crippen LogP contribution is 2.14. The van der Waals surface area contributed by atoms with Crippen molar-refractivity contribution < 1.29 is 4.79 Å². The number of carbonyl (C=O) groups excluding carboxylic acids is 1. The molecule has 0 radical (unpaired) electrons. The largest absolute Gasteiger partial charge is 0.399 e. The number of carbonyl (C=O) groups is 1. The molecule has 25 heavy (non-hydrogen) atoms. The highest BCUT2D eigenvalue weighted by atomic mass is 16.1. The minimum Gasteiger partial charge on any atom is -0.399 e. The molecule has 6 heteroatoms. The number of hydrogen-bond donors (Lipinski definition) is 3. The van der Waals surface area contributed by atoms with E-state index in [0.717, 1.165) is 11.4 Å². The number of nitrogens with two attached hydrogens (primary N) is 1. The lowest BCUT2D eigenvalue weighted by molar-refractivity contribution is 0.0944. The van der Waals surface area contributed by atoms with Crippen LogP contribution in [-0.4, -0.2) is 31.5 Å². The Morgan fingerprint density at radius 3 is 2.64 bits per heavy atom. The van der Waals surface area contributed by atoms with E-state index in [4.69, 9.17) is 5.73 Å². The zero-order valence-electron chi connectivity index (χ0n) is 14.5. The fourth-order valence-electron chi connectivity index (χ4n) is 2.20. The molecule has 0 aromatic heterocycles. The molecule has 0 aliphatic heterocycles. The van der Waals surface area contributed by atoms with Gasteiger partial charge in [-0.2, -0.15) is 0 Å². The number of nitrogens with zero attached hydrogens (tertiary/aromatic N) is 2. The van der Waals surface area contributed by atoms with E-state index >= 15 is 0 Å². The second-order valence-corrected chi connectivity index (χ2v) is 5.63. The summed E-state index contributed by atoms with van der Waals surface area (Å²) in [6.45, 7) is 5.46. The van der Waals surface area contributed by atoms with Crippen LogP contribution >= 0.6 is 0 Å². The van der Waals surface area contributed by atoms with Gasteiger partial charge in [0.05, 0.1) is 11.7 Å². The number of allylic oxidation sites excluding steroid dienone is 2. The van der Waals surface area contributed by atoms with Crippen LogP contribution in [0, 0.1) is 0 Å². The van der Waals surface area contributed by atoms with Crippen molar-refractivity contribution in [2.45, 2.75) is 19.4 Å². The molecule has 0 bridgehead atoms. The summed E-state index contributed by atoms with van der Waals surface area (Å²) in [7, 11) is 1.83. The van der Waals surface area contributed by atoms with Gasteiger partial charge in [0.15, 0.2) is 5.84 Å². The second kappa shape index (κ2) is 8.63. The van der Waals surface area contributed by atoms with Gasteiger partial charge in [-0.3, -0.25) is 4.79 Å². The zero-order chi connectivity index (χ0) is 18.2. The van der Waals surface area contributed by atoms with Crippen molar-refractivity contribution in [3.63, 3.8) is 0 Å². The topological polar surface area (TPSA) is 91.9 Å². The quantitative estimate of drug-likeness (QED) is 0.438. The van der Waals surface area contributed by atoms with Crippen molar-refractivity contribution >= 4 is 24.1 Å². The van der Waals surface area contributed by atoms with Crippen molar-refractivity contribution in [3.8, 4) is 0 Å². The van der Waals surface area contributed by atoms with E-state index in [1.807, 2.05) is 38.3 Å². The molecular weight excluding hydrogens is 314 g/mol. The molecule has 1 aromatic carbocycles. The Bertz CT molecular complexity index is 757. The molecule has 1 aliphatic rings. The predicted molar refractivity (Wildman–Crippen MR) is 104 cm³/mol. The first kappa shape index (κ1) is 18.2. The Balaban J connectivity index is 1.98. The Kier molecular flexibility index (Phi) is 6.28. The van der Waals surface area contributed by atoms with Crippen molar-refractivity contribution in [1.29, 1.82) is 0 Å². The minimum atomic E-state index is -0.129. The normalized spacial score (nSPS) is 17.7. The SMILES string of the molecule is C=NC(C=C(C)NC)=NC1=CCC(NC(=O)c2ccc(N)cc2)C=C1. The maximum absolute atomic E-state index is 12.2. The van der Waals surface area contributed by atoms with Crippen LogP contribution in [0.25, 0.3) is 0 Å². The van der Waals surface area contributed by atoms with Gasteiger partial charge in [0.25, 0.3) is 5.91 Å². The van der Waals surface area contributed by atoms with Crippen LogP contribution in [-0.2, 0) is 0 Å². The fourth-order valence-corrected chi connectivity index (χ4v) is 2.20. The number of amidine groups is 1. The van der Waals surface area contributed by atoms with Crippen LogP contribution in [0.1, 0.15) is 23.7 Å². The Morgan fingerprint density at radius 2 is 2.08 bits per heavy atom. The monoisotopic (exact) mass is 337 g/mol. The maximum Gasteiger partial charge on any atom is 0.251 e. The summed E-state index contributed by atoms with van der Waals surface area (Å²) in [6, 6.07) is 6.77. The van der Waals surface area contributed by atoms with E-state index in [9.17, 15) is 4.79 Å². The van der Waals surface area contributed by atoms with Crippen LogP contribution in [0.2, 0.25) is 0 Å². The number of benzene rings is 1. The third-order valence-electron chi connectivity index (χ3n) is 3.72. The van der Waals surface area contributed by atoms with Crippen molar-refractivity contribution in [3.05, 3.63) is 65.5 Å². The molecule has 1 aliphatic carbocycles. The van der Waals surface area contributed by atoms with Crippen molar-refractivity contribution in [2.75, 3.05) is 12.8 Å². The molecule has 1 atom stereocenters. The standard InChI is InChI=1S/C19H23N5O/c1-13(21-2)12-18(22-3)23-16-8-10-17(11-9-16)24-19(25)14-4-6-15(20)7-5-14/h4-10,12,17,21H,3,11,20H2,1-2H3,(H,24,25). The smallest absolute Gasteiger partial charge is 0.251 e. The Hall–Kier alpha value is -3.15. The molecule has 0 saturated carbocycles. The van der Waals surface area contributed by atoms with Gasteiger partial charge in [-0.25, -0.2) is 9.98 Å². The first-order valence-corrected chi connectivity index (χ1v) is 7.98. The summed E-state index contributed by atoms with van der Waals surface area (Å²) in [5.74, 6) is 0.406. The molecule has 2 rings (SSSR count). The Labute approximate surface area is 147 Å². The molecule has 0 heterocycles. The average Bonchev–Trinajstić information content (AvgIpc) is 2.63. The summed E-state index contributed by atoms with van der Waals surface area (Å²) in [5, 5.41) is 5.98. The molecule has 0 spiro atoms. The lowest BCUT2D eigenvalue weighted by Gasteiger charge is -2.16. The molecule has 0 fully saturated rings. The van der Waals surface area contributed by atoms with E-state index < -0.39 is 0 Å².